The second-order valence-corrected chi connectivity index (χ2v) is 5.50. The molecule has 1 unspecified atom stereocenters. The van der Waals surface area contributed by atoms with Crippen LogP contribution in [0.1, 0.15) is 29.7 Å². The van der Waals surface area contributed by atoms with E-state index in [1.54, 1.807) is 30.2 Å². The Hall–Kier alpha value is -1.34. The van der Waals surface area contributed by atoms with E-state index in [-0.39, 0.29) is 5.56 Å². The van der Waals surface area contributed by atoms with Crippen molar-refractivity contribution in [3.63, 3.8) is 0 Å². The molecule has 0 radical (unpaired) electrons. The molecule has 1 atom stereocenters. The van der Waals surface area contributed by atoms with Gasteiger partial charge in [-0.05, 0) is 31.7 Å². The topological polar surface area (TPSA) is 29.9 Å². The van der Waals surface area contributed by atoms with Crippen LogP contribution in [0, 0.1) is 0 Å². The summed E-state index contributed by atoms with van der Waals surface area (Å²) in [5, 5.41) is 7.06. The van der Waals surface area contributed by atoms with Crippen LogP contribution in [-0.4, -0.2) is 16.8 Å². The summed E-state index contributed by atoms with van der Waals surface area (Å²) in [6.45, 7) is 2.59. The maximum Gasteiger partial charge on any atom is 0.416 e. The molecule has 0 saturated heterocycles. The average Bonchev–Trinajstić information content (AvgIpc) is 2.89. The van der Waals surface area contributed by atoms with Crippen molar-refractivity contribution in [2.75, 3.05) is 7.05 Å². The summed E-state index contributed by atoms with van der Waals surface area (Å²) in [4.78, 5) is 0. The largest absolute Gasteiger partial charge is 0.416 e. The minimum atomic E-state index is -4.41. The lowest BCUT2D eigenvalue weighted by Crippen LogP contribution is -2.21. The van der Waals surface area contributed by atoms with Gasteiger partial charge in [0.25, 0.3) is 0 Å². The van der Waals surface area contributed by atoms with Crippen LogP contribution in [0.25, 0.3) is 0 Å². The molecular weight excluding hydrogens is 347 g/mol. The van der Waals surface area contributed by atoms with Crippen LogP contribution in [0.2, 0.25) is 0 Å². The molecule has 1 heterocycles. The van der Waals surface area contributed by atoms with E-state index in [1.165, 1.54) is 6.07 Å². The van der Waals surface area contributed by atoms with E-state index < -0.39 is 17.8 Å². The predicted molar refractivity (Wildman–Crippen MR) is 77.9 cm³/mol. The molecule has 0 aliphatic heterocycles. The number of aryl methyl sites for hydroxylation is 1. The van der Waals surface area contributed by atoms with Crippen molar-refractivity contribution < 1.29 is 13.2 Å². The number of benzene rings is 1. The Morgan fingerprint density at radius 2 is 2.10 bits per heavy atom. The van der Waals surface area contributed by atoms with Crippen molar-refractivity contribution in [3.8, 4) is 0 Å². The summed E-state index contributed by atoms with van der Waals surface area (Å²) in [5.41, 5.74) is 0.233. The Balaban J connectivity index is 2.52. The lowest BCUT2D eigenvalue weighted by Gasteiger charge is -2.20. The first-order chi connectivity index (χ1) is 9.86. The molecule has 1 aromatic heterocycles. The van der Waals surface area contributed by atoms with Gasteiger partial charge in [-0.15, -0.1) is 0 Å². The third-order valence-corrected chi connectivity index (χ3v) is 3.72. The van der Waals surface area contributed by atoms with Gasteiger partial charge in [0.05, 0.1) is 17.8 Å². The lowest BCUT2D eigenvalue weighted by molar-refractivity contribution is -0.138. The van der Waals surface area contributed by atoms with Gasteiger partial charge in [0.15, 0.2) is 0 Å². The maximum absolute atomic E-state index is 13.2. The zero-order valence-corrected chi connectivity index (χ0v) is 13.2. The van der Waals surface area contributed by atoms with E-state index >= 15 is 0 Å². The standard InChI is InChI=1S/C14H15BrF3N3/c1-3-21-8-9(7-20-21)13(19-2)11-5-4-10(15)6-12(11)14(16,17)18/h4-8,13,19H,3H2,1-2H3. The SMILES string of the molecule is CCn1cc(C(NC)c2ccc(Br)cc2C(F)(F)F)cn1. The number of rotatable bonds is 4. The van der Waals surface area contributed by atoms with Crippen molar-refractivity contribution >= 4 is 15.9 Å². The first-order valence-electron chi connectivity index (χ1n) is 6.43. The molecular formula is C14H15BrF3N3. The first-order valence-corrected chi connectivity index (χ1v) is 7.22. The fourth-order valence-corrected chi connectivity index (χ4v) is 2.59. The normalized spacial score (nSPS) is 13.4. The molecule has 1 aromatic carbocycles. The van der Waals surface area contributed by atoms with Crippen LogP contribution in [0.15, 0.2) is 35.1 Å². The number of aromatic nitrogens is 2. The Morgan fingerprint density at radius 3 is 2.62 bits per heavy atom. The van der Waals surface area contributed by atoms with Crippen LogP contribution in [0.5, 0.6) is 0 Å². The molecule has 1 N–H and O–H groups in total. The number of halogens is 4. The highest BCUT2D eigenvalue weighted by atomic mass is 79.9. The van der Waals surface area contributed by atoms with Crippen LogP contribution >= 0.6 is 15.9 Å². The second kappa shape index (κ2) is 6.19. The molecule has 0 amide bonds. The molecule has 7 heteroatoms. The number of hydrogen-bond acceptors (Lipinski definition) is 2. The van der Waals surface area contributed by atoms with Crippen molar-refractivity contribution in [2.24, 2.45) is 0 Å². The molecule has 0 aliphatic rings. The van der Waals surface area contributed by atoms with Crippen LogP contribution in [-0.2, 0) is 12.7 Å². The lowest BCUT2D eigenvalue weighted by atomic mass is 9.96. The Labute approximate surface area is 129 Å². The highest BCUT2D eigenvalue weighted by molar-refractivity contribution is 9.10. The summed E-state index contributed by atoms with van der Waals surface area (Å²) in [5.74, 6) is 0. The number of hydrogen-bond donors (Lipinski definition) is 1. The van der Waals surface area contributed by atoms with E-state index in [0.29, 0.717) is 16.6 Å². The molecule has 0 aliphatic carbocycles. The van der Waals surface area contributed by atoms with Crippen molar-refractivity contribution in [3.05, 3.63) is 51.8 Å². The van der Waals surface area contributed by atoms with Gasteiger partial charge in [-0.1, -0.05) is 22.0 Å². The summed E-state index contributed by atoms with van der Waals surface area (Å²) in [6.07, 6.45) is -1.06. The fraction of sp³-hybridized carbons (Fsp3) is 0.357. The van der Waals surface area contributed by atoms with Gasteiger partial charge in [-0.3, -0.25) is 4.68 Å². The highest BCUT2D eigenvalue weighted by Crippen LogP contribution is 2.37. The second-order valence-electron chi connectivity index (χ2n) is 4.58. The Kier molecular flexibility index (Phi) is 4.73. The summed E-state index contributed by atoms with van der Waals surface area (Å²) in [7, 11) is 1.64. The first kappa shape index (κ1) is 16.0. The van der Waals surface area contributed by atoms with Crippen molar-refractivity contribution in [1.82, 2.24) is 15.1 Å². The summed E-state index contributed by atoms with van der Waals surface area (Å²) in [6, 6.07) is 3.63. The molecule has 0 spiro atoms. The molecule has 3 nitrogen and oxygen atoms in total. The molecule has 0 saturated carbocycles. The van der Waals surface area contributed by atoms with Crippen molar-refractivity contribution in [1.29, 1.82) is 0 Å². The van der Waals surface area contributed by atoms with Gasteiger partial charge >= 0.3 is 6.18 Å². The highest BCUT2D eigenvalue weighted by Gasteiger charge is 2.35. The minimum absolute atomic E-state index is 0.184. The predicted octanol–water partition coefficient (Wildman–Crippen LogP) is 3.99. The average molecular weight is 362 g/mol. The molecule has 2 aromatic rings. The molecule has 2 rings (SSSR count). The van der Waals surface area contributed by atoms with E-state index in [0.717, 1.165) is 6.07 Å². The monoisotopic (exact) mass is 361 g/mol. The van der Waals surface area contributed by atoms with E-state index in [1.807, 2.05) is 6.92 Å². The Morgan fingerprint density at radius 1 is 1.38 bits per heavy atom. The third kappa shape index (κ3) is 3.47. The number of nitrogens with zero attached hydrogens (tertiary/aromatic N) is 2. The van der Waals surface area contributed by atoms with E-state index in [4.69, 9.17) is 0 Å². The van der Waals surface area contributed by atoms with Gasteiger partial charge in [-0.25, -0.2) is 0 Å². The fourth-order valence-electron chi connectivity index (χ4n) is 2.23. The smallest absolute Gasteiger partial charge is 0.309 e. The maximum atomic E-state index is 13.2. The molecule has 114 valence electrons. The van der Waals surface area contributed by atoms with Crippen LogP contribution < -0.4 is 5.32 Å². The number of nitrogens with one attached hydrogen (secondary N) is 1. The Bertz CT molecular complexity index is 622. The molecule has 21 heavy (non-hydrogen) atoms. The van der Waals surface area contributed by atoms with Gasteiger partial charge in [0.2, 0.25) is 0 Å². The minimum Gasteiger partial charge on any atom is -0.309 e. The zero-order chi connectivity index (χ0) is 15.6. The van der Waals surface area contributed by atoms with E-state index in [9.17, 15) is 13.2 Å². The van der Waals surface area contributed by atoms with Gasteiger partial charge in [0, 0.05) is 22.8 Å². The quantitative estimate of drug-likeness (QED) is 0.891. The third-order valence-electron chi connectivity index (χ3n) is 3.23. The molecule has 0 fully saturated rings. The summed E-state index contributed by atoms with van der Waals surface area (Å²) < 4.78 is 41.8. The summed E-state index contributed by atoms with van der Waals surface area (Å²) >= 11 is 3.09. The van der Waals surface area contributed by atoms with Gasteiger partial charge < -0.3 is 5.32 Å². The number of alkyl halides is 3. The molecule has 0 bridgehead atoms. The van der Waals surface area contributed by atoms with Crippen LogP contribution in [0.4, 0.5) is 13.2 Å². The van der Waals surface area contributed by atoms with Gasteiger partial charge in [0.1, 0.15) is 0 Å². The van der Waals surface area contributed by atoms with E-state index in [2.05, 4.69) is 26.3 Å². The van der Waals surface area contributed by atoms with Crippen LogP contribution in [0.3, 0.4) is 0 Å². The zero-order valence-electron chi connectivity index (χ0n) is 11.6. The van der Waals surface area contributed by atoms with Gasteiger partial charge in [-0.2, -0.15) is 18.3 Å². The van der Waals surface area contributed by atoms with Crippen molar-refractivity contribution in [2.45, 2.75) is 25.7 Å².